The van der Waals surface area contributed by atoms with Crippen molar-refractivity contribution in [3.63, 3.8) is 0 Å². The molecule has 1 fully saturated rings. The van der Waals surface area contributed by atoms with Crippen LogP contribution in [-0.2, 0) is 0 Å². The van der Waals surface area contributed by atoms with Crippen molar-refractivity contribution in [1.82, 2.24) is 0 Å². The first kappa shape index (κ1) is 8.02. The van der Waals surface area contributed by atoms with E-state index in [2.05, 4.69) is 6.92 Å². The molecule has 1 aliphatic rings. The summed E-state index contributed by atoms with van der Waals surface area (Å²) < 4.78 is 0. The van der Waals surface area contributed by atoms with Crippen LogP contribution in [0.2, 0.25) is 0 Å². The highest BCUT2D eigenvalue weighted by atomic mass is 16.3. The highest BCUT2D eigenvalue weighted by molar-refractivity contribution is 4.80. The molecule has 1 aliphatic carbocycles. The Labute approximate surface area is 62.4 Å². The van der Waals surface area contributed by atoms with Crippen LogP contribution in [0.4, 0.5) is 0 Å². The molecule has 0 amide bonds. The van der Waals surface area contributed by atoms with Gasteiger partial charge in [0.25, 0.3) is 0 Å². The van der Waals surface area contributed by atoms with E-state index in [0.29, 0.717) is 18.4 Å². The summed E-state index contributed by atoms with van der Waals surface area (Å²) in [5.41, 5.74) is 5.36. The molecule has 0 aromatic rings. The maximum Gasteiger partial charge on any atom is 0.0693 e. The van der Waals surface area contributed by atoms with Gasteiger partial charge < -0.3 is 10.8 Å². The zero-order chi connectivity index (χ0) is 7.56. The maximum atomic E-state index is 9.40. The number of rotatable bonds is 2. The van der Waals surface area contributed by atoms with Crippen molar-refractivity contribution >= 4 is 0 Å². The molecule has 1 saturated carbocycles. The lowest BCUT2D eigenvalue weighted by Crippen LogP contribution is -2.30. The Hall–Kier alpha value is -0.0800. The summed E-state index contributed by atoms with van der Waals surface area (Å²) in [6.07, 6.45) is 3.45. The summed E-state index contributed by atoms with van der Waals surface area (Å²) in [5, 5.41) is 9.40. The van der Waals surface area contributed by atoms with Gasteiger partial charge in [0, 0.05) is 6.54 Å². The molecule has 1 rings (SSSR count). The Kier molecular flexibility index (Phi) is 2.69. The lowest BCUT2D eigenvalue weighted by Gasteiger charge is -2.20. The predicted molar refractivity (Wildman–Crippen MR) is 41.6 cm³/mol. The Bertz CT molecular complexity index is 105. The van der Waals surface area contributed by atoms with E-state index < -0.39 is 0 Å². The van der Waals surface area contributed by atoms with Gasteiger partial charge in [-0.05, 0) is 18.3 Å². The first-order valence-electron chi connectivity index (χ1n) is 4.14. The second-order valence-electron chi connectivity index (χ2n) is 3.38. The molecule has 0 heterocycles. The van der Waals surface area contributed by atoms with Crippen molar-refractivity contribution in [1.29, 1.82) is 0 Å². The summed E-state index contributed by atoms with van der Waals surface area (Å²) >= 11 is 0. The minimum Gasteiger partial charge on any atom is -0.392 e. The normalized spacial score (nSPS) is 36.3. The molecule has 0 saturated heterocycles. The Morgan fingerprint density at radius 1 is 1.60 bits per heavy atom. The van der Waals surface area contributed by atoms with Crippen LogP contribution >= 0.6 is 0 Å². The Morgan fingerprint density at radius 3 is 2.70 bits per heavy atom. The third kappa shape index (κ3) is 1.50. The van der Waals surface area contributed by atoms with Gasteiger partial charge >= 0.3 is 0 Å². The van der Waals surface area contributed by atoms with E-state index in [4.69, 9.17) is 5.73 Å². The maximum absolute atomic E-state index is 9.40. The number of nitrogens with two attached hydrogens (primary N) is 1. The van der Waals surface area contributed by atoms with E-state index in [1.165, 1.54) is 19.3 Å². The van der Waals surface area contributed by atoms with E-state index in [0.717, 1.165) is 0 Å². The molecule has 0 bridgehead atoms. The summed E-state index contributed by atoms with van der Waals surface area (Å²) in [6, 6.07) is 0. The lowest BCUT2D eigenvalue weighted by atomic mass is 9.92. The quantitative estimate of drug-likeness (QED) is 0.599. The van der Waals surface area contributed by atoms with Crippen LogP contribution in [0.5, 0.6) is 0 Å². The van der Waals surface area contributed by atoms with Crippen LogP contribution in [-0.4, -0.2) is 17.8 Å². The van der Waals surface area contributed by atoms with Crippen LogP contribution in [0, 0.1) is 11.8 Å². The fraction of sp³-hybridized carbons (Fsp3) is 1.00. The monoisotopic (exact) mass is 143 g/mol. The van der Waals surface area contributed by atoms with Gasteiger partial charge in [0.05, 0.1) is 6.10 Å². The molecule has 0 aliphatic heterocycles. The zero-order valence-electron chi connectivity index (χ0n) is 6.59. The molecule has 0 aromatic heterocycles. The Morgan fingerprint density at radius 2 is 2.30 bits per heavy atom. The SMILES string of the molecule is CC1CCCC1C(O)CN. The standard InChI is InChI=1S/C8H17NO/c1-6-3-2-4-7(6)8(10)5-9/h6-8,10H,2-5,9H2,1H3. The second-order valence-corrected chi connectivity index (χ2v) is 3.38. The van der Waals surface area contributed by atoms with Gasteiger partial charge in [0.1, 0.15) is 0 Å². The van der Waals surface area contributed by atoms with Crippen molar-refractivity contribution in [3.05, 3.63) is 0 Å². The second kappa shape index (κ2) is 3.35. The van der Waals surface area contributed by atoms with Crippen LogP contribution in [0.25, 0.3) is 0 Å². The molecule has 10 heavy (non-hydrogen) atoms. The van der Waals surface area contributed by atoms with Crippen molar-refractivity contribution in [2.75, 3.05) is 6.54 Å². The van der Waals surface area contributed by atoms with Gasteiger partial charge in [0.2, 0.25) is 0 Å². The third-order valence-electron chi connectivity index (χ3n) is 2.66. The minimum absolute atomic E-state index is 0.252. The zero-order valence-corrected chi connectivity index (χ0v) is 6.59. The molecular formula is C8H17NO. The summed E-state index contributed by atoms with van der Waals surface area (Å²) in [4.78, 5) is 0. The van der Waals surface area contributed by atoms with Crippen molar-refractivity contribution < 1.29 is 5.11 Å². The smallest absolute Gasteiger partial charge is 0.0693 e. The van der Waals surface area contributed by atoms with Crippen molar-refractivity contribution in [2.45, 2.75) is 32.3 Å². The molecule has 2 nitrogen and oxygen atoms in total. The molecule has 2 heteroatoms. The fourth-order valence-electron chi connectivity index (χ4n) is 1.92. The molecular weight excluding hydrogens is 126 g/mol. The first-order chi connectivity index (χ1) is 4.75. The largest absolute Gasteiger partial charge is 0.392 e. The number of aliphatic hydroxyl groups excluding tert-OH is 1. The van der Waals surface area contributed by atoms with Crippen LogP contribution in [0.3, 0.4) is 0 Å². The number of hydrogen-bond donors (Lipinski definition) is 2. The average molecular weight is 143 g/mol. The topological polar surface area (TPSA) is 46.2 Å². The molecule has 3 atom stereocenters. The van der Waals surface area contributed by atoms with Crippen LogP contribution in [0.15, 0.2) is 0 Å². The minimum atomic E-state index is -0.252. The highest BCUT2D eigenvalue weighted by Crippen LogP contribution is 2.33. The summed E-state index contributed by atoms with van der Waals surface area (Å²) in [6.45, 7) is 2.63. The fourth-order valence-corrected chi connectivity index (χ4v) is 1.92. The van der Waals surface area contributed by atoms with Crippen molar-refractivity contribution in [2.24, 2.45) is 17.6 Å². The van der Waals surface area contributed by atoms with E-state index >= 15 is 0 Å². The van der Waals surface area contributed by atoms with Gasteiger partial charge in [0.15, 0.2) is 0 Å². The average Bonchev–Trinajstić information content (AvgIpc) is 2.34. The predicted octanol–water partition coefficient (Wildman–Crippen LogP) is 0.742. The molecule has 0 spiro atoms. The molecule has 3 N–H and O–H groups in total. The van der Waals surface area contributed by atoms with Gasteiger partial charge in [-0.15, -0.1) is 0 Å². The number of aliphatic hydroxyl groups is 1. The van der Waals surface area contributed by atoms with Crippen molar-refractivity contribution in [3.8, 4) is 0 Å². The molecule has 0 aromatic carbocycles. The third-order valence-corrected chi connectivity index (χ3v) is 2.66. The van der Waals surface area contributed by atoms with Gasteiger partial charge in [-0.3, -0.25) is 0 Å². The summed E-state index contributed by atoms with van der Waals surface area (Å²) in [5.74, 6) is 1.16. The molecule has 0 radical (unpaired) electrons. The Balaban J connectivity index is 2.38. The number of hydrogen-bond acceptors (Lipinski definition) is 2. The van der Waals surface area contributed by atoms with Gasteiger partial charge in [-0.1, -0.05) is 19.8 Å². The lowest BCUT2D eigenvalue weighted by molar-refractivity contribution is 0.0974. The first-order valence-corrected chi connectivity index (χ1v) is 4.14. The van der Waals surface area contributed by atoms with Crippen LogP contribution < -0.4 is 5.73 Å². The van der Waals surface area contributed by atoms with E-state index in [1.807, 2.05) is 0 Å². The van der Waals surface area contributed by atoms with Crippen LogP contribution in [0.1, 0.15) is 26.2 Å². The molecule has 3 unspecified atom stereocenters. The van der Waals surface area contributed by atoms with E-state index in [1.54, 1.807) is 0 Å². The van der Waals surface area contributed by atoms with Gasteiger partial charge in [-0.2, -0.15) is 0 Å². The highest BCUT2D eigenvalue weighted by Gasteiger charge is 2.28. The van der Waals surface area contributed by atoms with E-state index in [-0.39, 0.29) is 6.10 Å². The molecule has 60 valence electrons. The van der Waals surface area contributed by atoms with Gasteiger partial charge in [-0.25, -0.2) is 0 Å². The summed E-state index contributed by atoms with van der Waals surface area (Å²) in [7, 11) is 0. The van der Waals surface area contributed by atoms with E-state index in [9.17, 15) is 5.11 Å².